The largest absolute Gasteiger partial charge is 0.503 e. The van der Waals surface area contributed by atoms with Gasteiger partial charge in [-0.15, -0.1) is 0 Å². The van der Waals surface area contributed by atoms with Crippen molar-refractivity contribution in [2.24, 2.45) is 5.10 Å². The summed E-state index contributed by atoms with van der Waals surface area (Å²) in [6.07, 6.45) is 1.34. The number of rotatable bonds is 4. The first kappa shape index (κ1) is 17.0. The minimum absolute atomic E-state index is 0.0821. The first-order valence-corrected chi connectivity index (χ1v) is 7.89. The van der Waals surface area contributed by atoms with E-state index in [1.54, 1.807) is 30.3 Å². The smallest absolute Gasteiger partial charge is 0.271 e. The molecule has 0 saturated carbocycles. The number of phenols is 1. The number of nitrogens with zero attached hydrogens (tertiary/aromatic N) is 1. The third-order valence-electron chi connectivity index (χ3n) is 3.48. The van der Waals surface area contributed by atoms with Gasteiger partial charge in [0.05, 0.1) is 29.4 Å². The van der Waals surface area contributed by atoms with Crippen LogP contribution < -0.4 is 10.2 Å². The molecule has 0 atom stereocenters. The average Bonchev–Trinajstić information content (AvgIpc) is 2.97. The van der Waals surface area contributed by atoms with Crippen LogP contribution in [-0.4, -0.2) is 34.3 Å². The van der Waals surface area contributed by atoms with E-state index in [4.69, 9.17) is 28.6 Å². The number of phenolic OH excluding ortho intramolecular Hbond substituents is 1. The number of aromatic amines is 2. The number of benzene rings is 2. The topological polar surface area (TPSA) is 102 Å². The van der Waals surface area contributed by atoms with Gasteiger partial charge in [0.2, 0.25) is 0 Å². The summed E-state index contributed by atoms with van der Waals surface area (Å²) in [6, 6.07) is 8.23. The fraction of sp³-hybridized carbons (Fsp3) is 0.0625. The Kier molecular flexibility index (Phi) is 4.73. The van der Waals surface area contributed by atoms with Crippen molar-refractivity contribution in [1.29, 1.82) is 0 Å². The zero-order chi connectivity index (χ0) is 18.0. The molecule has 0 aliphatic rings. The molecule has 1 aromatic heterocycles. The Labute approximate surface area is 152 Å². The predicted molar refractivity (Wildman–Crippen MR) is 98.2 cm³/mol. The number of hydrogen-bond acceptors (Lipinski definition) is 5. The first-order valence-electron chi connectivity index (χ1n) is 7.10. The summed E-state index contributed by atoms with van der Waals surface area (Å²) in [6.45, 7) is 0. The number of nitrogens with one attached hydrogen (secondary N) is 3. The van der Waals surface area contributed by atoms with Gasteiger partial charge in [0, 0.05) is 11.1 Å². The lowest BCUT2D eigenvalue weighted by molar-refractivity contribution is 0.0955. The number of halogens is 1. The van der Waals surface area contributed by atoms with Crippen LogP contribution in [-0.2, 0) is 0 Å². The van der Waals surface area contributed by atoms with Gasteiger partial charge in [0.1, 0.15) is 0 Å². The van der Waals surface area contributed by atoms with Gasteiger partial charge in [-0.2, -0.15) is 5.10 Å². The van der Waals surface area contributed by atoms with Gasteiger partial charge >= 0.3 is 0 Å². The van der Waals surface area contributed by atoms with Crippen LogP contribution in [0, 0.1) is 4.77 Å². The van der Waals surface area contributed by atoms with Crippen LogP contribution in [0.1, 0.15) is 15.9 Å². The highest BCUT2D eigenvalue weighted by atomic mass is 35.5. The van der Waals surface area contributed by atoms with Crippen molar-refractivity contribution in [2.75, 3.05) is 7.11 Å². The molecule has 128 valence electrons. The third kappa shape index (κ3) is 3.49. The molecule has 0 spiro atoms. The van der Waals surface area contributed by atoms with E-state index in [1.165, 1.54) is 13.3 Å². The predicted octanol–water partition coefficient (Wildman–Crippen LogP) is 3.36. The highest BCUT2D eigenvalue weighted by Crippen LogP contribution is 2.35. The molecular weight excluding hydrogens is 364 g/mol. The summed E-state index contributed by atoms with van der Waals surface area (Å²) in [4.78, 5) is 18.1. The van der Waals surface area contributed by atoms with Crippen LogP contribution in [0.25, 0.3) is 11.0 Å². The molecule has 0 unspecified atom stereocenters. The van der Waals surface area contributed by atoms with Crippen LogP contribution in [0.15, 0.2) is 35.4 Å². The Morgan fingerprint density at radius 2 is 2.08 bits per heavy atom. The number of aromatic nitrogens is 2. The lowest BCUT2D eigenvalue weighted by Gasteiger charge is -2.06. The fourth-order valence-electron chi connectivity index (χ4n) is 2.23. The number of imidazole rings is 1. The molecule has 1 amide bonds. The maximum atomic E-state index is 12.2. The van der Waals surface area contributed by atoms with E-state index >= 15 is 0 Å². The Hall–Kier alpha value is -2.84. The van der Waals surface area contributed by atoms with Gasteiger partial charge in [0.15, 0.2) is 16.3 Å². The number of carbonyl (C=O) groups is 1. The molecule has 1 heterocycles. The molecule has 0 bridgehead atoms. The molecular formula is C16H13ClN4O3S. The summed E-state index contributed by atoms with van der Waals surface area (Å²) in [5.41, 5.74) is 4.79. The van der Waals surface area contributed by atoms with Gasteiger partial charge in [0.25, 0.3) is 5.91 Å². The number of aromatic hydroxyl groups is 1. The molecule has 4 N–H and O–H groups in total. The fourth-order valence-corrected chi connectivity index (χ4v) is 2.65. The van der Waals surface area contributed by atoms with Gasteiger partial charge in [-0.05, 0) is 42.5 Å². The van der Waals surface area contributed by atoms with Crippen molar-refractivity contribution in [3.8, 4) is 11.5 Å². The number of fused-ring (bicyclic) bond motifs is 1. The maximum absolute atomic E-state index is 12.2. The van der Waals surface area contributed by atoms with Crippen molar-refractivity contribution in [2.45, 2.75) is 0 Å². The van der Waals surface area contributed by atoms with E-state index in [0.717, 1.165) is 11.0 Å². The van der Waals surface area contributed by atoms with Crippen molar-refractivity contribution in [1.82, 2.24) is 15.4 Å². The monoisotopic (exact) mass is 376 g/mol. The van der Waals surface area contributed by atoms with E-state index in [1.807, 2.05) is 0 Å². The van der Waals surface area contributed by atoms with E-state index in [-0.39, 0.29) is 16.5 Å². The van der Waals surface area contributed by atoms with Gasteiger partial charge in [-0.1, -0.05) is 11.6 Å². The second-order valence-electron chi connectivity index (χ2n) is 5.06. The van der Waals surface area contributed by atoms with Crippen LogP contribution in [0.2, 0.25) is 5.02 Å². The minimum atomic E-state index is -0.396. The summed E-state index contributed by atoms with van der Waals surface area (Å²) in [5, 5.41) is 13.8. The lowest BCUT2D eigenvalue weighted by Crippen LogP contribution is -2.17. The highest BCUT2D eigenvalue weighted by Gasteiger charge is 2.10. The summed E-state index contributed by atoms with van der Waals surface area (Å²) >= 11 is 11.0. The minimum Gasteiger partial charge on any atom is -0.503 e. The van der Waals surface area contributed by atoms with Crippen LogP contribution in [0.5, 0.6) is 11.5 Å². The molecule has 7 nitrogen and oxygen atoms in total. The SMILES string of the molecule is COc1ccc(/C=N\NC(=O)c2ccc3[nH]c(=S)[nH]c3c2)c(Cl)c1O. The van der Waals surface area contributed by atoms with E-state index < -0.39 is 5.91 Å². The molecule has 2 aromatic carbocycles. The summed E-state index contributed by atoms with van der Waals surface area (Å²) in [5.74, 6) is -0.330. The van der Waals surface area contributed by atoms with Crippen molar-refractivity contribution < 1.29 is 14.6 Å². The van der Waals surface area contributed by atoms with Gasteiger partial charge < -0.3 is 19.8 Å². The molecule has 0 aliphatic heterocycles. The van der Waals surface area contributed by atoms with E-state index in [9.17, 15) is 9.90 Å². The maximum Gasteiger partial charge on any atom is 0.271 e. The van der Waals surface area contributed by atoms with E-state index in [0.29, 0.717) is 15.9 Å². The Balaban J connectivity index is 1.76. The summed E-state index contributed by atoms with van der Waals surface area (Å²) < 4.78 is 5.44. The number of hydrogen-bond donors (Lipinski definition) is 4. The molecule has 25 heavy (non-hydrogen) atoms. The number of carbonyl (C=O) groups excluding carboxylic acids is 1. The quantitative estimate of drug-likeness (QED) is 0.318. The Bertz CT molecular complexity index is 1040. The van der Waals surface area contributed by atoms with Crippen LogP contribution in [0.4, 0.5) is 0 Å². The van der Waals surface area contributed by atoms with Crippen LogP contribution >= 0.6 is 23.8 Å². The van der Waals surface area contributed by atoms with Crippen molar-refractivity contribution in [3.63, 3.8) is 0 Å². The molecule has 0 aliphatic carbocycles. The number of methoxy groups -OCH3 is 1. The molecule has 0 saturated heterocycles. The first-order chi connectivity index (χ1) is 12.0. The zero-order valence-corrected chi connectivity index (χ0v) is 14.5. The number of amides is 1. The normalized spacial score (nSPS) is 11.1. The Morgan fingerprint density at radius 1 is 1.32 bits per heavy atom. The second-order valence-corrected chi connectivity index (χ2v) is 5.84. The molecule has 0 fully saturated rings. The Morgan fingerprint density at radius 3 is 2.84 bits per heavy atom. The van der Waals surface area contributed by atoms with Gasteiger partial charge in [-0.25, -0.2) is 5.43 Å². The number of H-pyrrole nitrogens is 2. The zero-order valence-electron chi connectivity index (χ0n) is 13.0. The molecule has 0 radical (unpaired) electrons. The van der Waals surface area contributed by atoms with Crippen molar-refractivity contribution in [3.05, 3.63) is 51.3 Å². The molecule has 3 aromatic rings. The van der Waals surface area contributed by atoms with Gasteiger partial charge in [-0.3, -0.25) is 4.79 Å². The lowest BCUT2D eigenvalue weighted by atomic mass is 10.2. The number of ether oxygens (including phenoxy) is 1. The summed E-state index contributed by atoms with van der Waals surface area (Å²) in [7, 11) is 1.42. The molecule has 3 rings (SSSR count). The standard InChI is InChI=1S/C16H13ClN4O3S/c1-24-12-5-3-9(13(17)14(12)22)7-18-21-15(23)8-2-4-10-11(6-8)20-16(25)19-10/h2-7,22H,1H3,(H,21,23)(H2,19,20,25)/b18-7-. The molecule has 9 heteroatoms. The average molecular weight is 377 g/mol. The van der Waals surface area contributed by atoms with Crippen molar-refractivity contribution >= 4 is 47.0 Å². The number of hydrazone groups is 1. The third-order valence-corrected chi connectivity index (χ3v) is 4.08. The van der Waals surface area contributed by atoms with E-state index in [2.05, 4.69) is 20.5 Å². The van der Waals surface area contributed by atoms with Crippen LogP contribution in [0.3, 0.4) is 0 Å². The second kappa shape index (κ2) is 6.96. The highest BCUT2D eigenvalue weighted by molar-refractivity contribution is 7.71.